The Morgan fingerprint density at radius 1 is 1.29 bits per heavy atom. The fraction of sp³-hybridized carbons (Fsp3) is 0.278. The van der Waals surface area contributed by atoms with E-state index in [1.165, 1.54) is 12.1 Å². The van der Waals surface area contributed by atoms with Crippen molar-refractivity contribution in [3.05, 3.63) is 64.4 Å². The number of hydrogen-bond acceptors (Lipinski definition) is 3. The molecule has 1 atom stereocenters. The van der Waals surface area contributed by atoms with Crippen LogP contribution < -0.4 is 4.90 Å². The lowest BCUT2D eigenvalue weighted by Gasteiger charge is -2.26. The summed E-state index contributed by atoms with van der Waals surface area (Å²) in [6.07, 6.45) is 0. The Labute approximate surface area is 150 Å². The predicted molar refractivity (Wildman–Crippen MR) is 97.9 cm³/mol. The molecule has 1 fully saturated rings. The Morgan fingerprint density at radius 2 is 2.08 bits per heavy atom. The fourth-order valence-electron chi connectivity index (χ4n) is 2.71. The summed E-state index contributed by atoms with van der Waals surface area (Å²) in [6.45, 7) is 0.375. The zero-order chi connectivity index (χ0) is 17.3. The van der Waals surface area contributed by atoms with Crippen molar-refractivity contribution < 1.29 is 9.18 Å². The summed E-state index contributed by atoms with van der Waals surface area (Å²) in [5, 5.41) is 0.488. The Morgan fingerprint density at radius 3 is 2.75 bits per heavy atom. The van der Waals surface area contributed by atoms with Gasteiger partial charge in [-0.1, -0.05) is 29.8 Å². The van der Waals surface area contributed by atoms with Gasteiger partial charge in [-0.05, 0) is 29.8 Å². The van der Waals surface area contributed by atoms with Crippen molar-refractivity contribution in [3.8, 4) is 0 Å². The van der Waals surface area contributed by atoms with Crippen molar-refractivity contribution in [1.82, 2.24) is 4.90 Å². The van der Waals surface area contributed by atoms with Crippen LogP contribution >= 0.6 is 23.4 Å². The Balaban J connectivity index is 1.88. The number of benzene rings is 2. The van der Waals surface area contributed by atoms with Crippen molar-refractivity contribution in [2.45, 2.75) is 11.9 Å². The number of amides is 1. The SMILES string of the molecule is CN(C)c1ccc(C2SCC(=O)N2Cc2cccc(F)c2)c(Cl)c1. The molecule has 1 amide bonds. The summed E-state index contributed by atoms with van der Waals surface area (Å²) < 4.78 is 13.4. The highest BCUT2D eigenvalue weighted by Crippen LogP contribution is 2.43. The summed E-state index contributed by atoms with van der Waals surface area (Å²) in [4.78, 5) is 16.0. The van der Waals surface area contributed by atoms with E-state index >= 15 is 0 Å². The van der Waals surface area contributed by atoms with Crippen LogP contribution in [0.1, 0.15) is 16.5 Å². The quantitative estimate of drug-likeness (QED) is 0.807. The molecule has 1 saturated heterocycles. The highest BCUT2D eigenvalue weighted by atomic mass is 35.5. The molecule has 0 spiro atoms. The maximum Gasteiger partial charge on any atom is 0.234 e. The molecule has 1 aliphatic rings. The molecule has 6 heteroatoms. The van der Waals surface area contributed by atoms with Gasteiger partial charge in [-0.2, -0.15) is 0 Å². The smallest absolute Gasteiger partial charge is 0.234 e. The van der Waals surface area contributed by atoms with Crippen LogP contribution in [0.2, 0.25) is 5.02 Å². The van der Waals surface area contributed by atoms with E-state index in [2.05, 4.69) is 0 Å². The molecule has 24 heavy (non-hydrogen) atoms. The van der Waals surface area contributed by atoms with Gasteiger partial charge in [0.15, 0.2) is 0 Å². The minimum atomic E-state index is -0.295. The van der Waals surface area contributed by atoms with Crippen LogP contribution in [-0.4, -0.2) is 30.7 Å². The lowest BCUT2D eigenvalue weighted by atomic mass is 10.1. The van der Waals surface area contributed by atoms with Gasteiger partial charge in [0.1, 0.15) is 11.2 Å². The van der Waals surface area contributed by atoms with Crippen LogP contribution in [0.4, 0.5) is 10.1 Å². The number of thioether (sulfide) groups is 1. The highest BCUT2D eigenvalue weighted by Gasteiger charge is 2.34. The van der Waals surface area contributed by atoms with Gasteiger partial charge in [0.05, 0.1) is 5.75 Å². The van der Waals surface area contributed by atoms with Gasteiger partial charge >= 0.3 is 0 Å². The van der Waals surface area contributed by atoms with Gasteiger partial charge in [0.2, 0.25) is 5.91 Å². The van der Waals surface area contributed by atoms with E-state index in [-0.39, 0.29) is 17.1 Å². The van der Waals surface area contributed by atoms with E-state index in [0.29, 0.717) is 17.3 Å². The summed E-state index contributed by atoms with van der Waals surface area (Å²) in [5.41, 5.74) is 2.70. The average molecular weight is 365 g/mol. The van der Waals surface area contributed by atoms with Gasteiger partial charge in [0, 0.05) is 36.9 Å². The maximum atomic E-state index is 13.4. The van der Waals surface area contributed by atoms with Gasteiger partial charge in [0.25, 0.3) is 0 Å². The van der Waals surface area contributed by atoms with Crippen LogP contribution in [0.3, 0.4) is 0 Å². The number of anilines is 1. The number of rotatable bonds is 4. The lowest BCUT2D eigenvalue weighted by Crippen LogP contribution is -2.27. The normalized spacial score (nSPS) is 17.4. The number of carbonyl (C=O) groups is 1. The molecule has 1 unspecified atom stereocenters. The van der Waals surface area contributed by atoms with Crippen molar-refractivity contribution in [3.63, 3.8) is 0 Å². The van der Waals surface area contributed by atoms with Crippen molar-refractivity contribution in [1.29, 1.82) is 0 Å². The summed E-state index contributed by atoms with van der Waals surface area (Å²) in [5.74, 6) is 0.157. The summed E-state index contributed by atoms with van der Waals surface area (Å²) in [7, 11) is 3.91. The monoisotopic (exact) mass is 364 g/mol. The van der Waals surface area contributed by atoms with E-state index in [4.69, 9.17) is 11.6 Å². The zero-order valence-electron chi connectivity index (χ0n) is 13.5. The Bertz CT molecular complexity index is 768. The average Bonchev–Trinajstić information content (AvgIpc) is 2.88. The van der Waals surface area contributed by atoms with Crippen LogP contribution in [0, 0.1) is 5.82 Å². The topological polar surface area (TPSA) is 23.6 Å². The van der Waals surface area contributed by atoms with Crippen molar-refractivity contribution in [2.24, 2.45) is 0 Å². The standard InChI is InChI=1S/C18H18ClFN2OS/c1-21(2)14-6-7-15(16(19)9-14)18-22(17(23)11-24-18)10-12-4-3-5-13(20)8-12/h3-9,18H,10-11H2,1-2H3. The van der Waals surface area contributed by atoms with E-state index in [0.717, 1.165) is 16.8 Å². The second-order valence-electron chi connectivity index (χ2n) is 5.92. The summed E-state index contributed by atoms with van der Waals surface area (Å²) >= 11 is 8.00. The molecule has 3 rings (SSSR count). The van der Waals surface area contributed by atoms with Gasteiger partial charge < -0.3 is 9.80 Å². The molecule has 2 aromatic carbocycles. The fourth-order valence-corrected chi connectivity index (χ4v) is 4.28. The van der Waals surface area contributed by atoms with Crippen molar-refractivity contribution >= 4 is 35.0 Å². The zero-order valence-corrected chi connectivity index (χ0v) is 15.1. The van der Waals surface area contributed by atoms with Gasteiger partial charge in [-0.3, -0.25) is 4.79 Å². The Hall–Kier alpha value is -1.72. The van der Waals surface area contributed by atoms with Crippen LogP contribution in [0.15, 0.2) is 42.5 Å². The molecule has 0 radical (unpaired) electrons. The summed E-state index contributed by atoms with van der Waals surface area (Å²) in [6, 6.07) is 12.2. The highest BCUT2D eigenvalue weighted by molar-refractivity contribution is 8.00. The molecule has 1 aliphatic heterocycles. The van der Waals surface area contributed by atoms with Crippen LogP contribution in [0.5, 0.6) is 0 Å². The molecule has 0 bridgehead atoms. The molecule has 2 aromatic rings. The number of nitrogens with zero attached hydrogens (tertiary/aromatic N) is 2. The third-order valence-corrected chi connectivity index (χ3v) is 5.54. The first kappa shape index (κ1) is 17.1. The van der Waals surface area contributed by atoms with Gasteiger partial charge in [-0.15, -0.1) is 11.8 Å². The second-order valence-corrected chi connectivity index (χ2v) is 7.39. The molecule has 126 valence electrons. The first-order chi connectivity index (χ1) is 11.5. The van der Waals surface area contributed by atoms with Crippen LogP contribution in [0.25, 0.3) is 0 Å². The third-order valence-electron chi connectivity index (χ3n) is 3.98. The molecule has 3 nitrogen and oxygen atoms in total. The number of hydrogen-bond donors (Lipinski definition) is 0. The van der Waals surface area contributed by atoms with E-state index in [1.807, 2.05) is 43.3 Å². The van der Waals surface area contributed by atoms with E-state index < -0.39 is 0 Å². The molecule has 0 aliphatic carbocycles. The molecular formula is C18H18ClFN2OS. The minimum Gasteiger partial charge on any atom is -0.378 e. The third kappa shape index (κ3) is 3.52. The number of halogens is 2. The maximum absolute atomic E-state index is 13.4. The number of carbonyl (C=O) groups excluding carboxylic acids is 1. The second kappa shape index (κ2) is 7.03. The first-order valence-corrected chi connectivity index (χ1v) is 9.00. The first-order valence-electron chi connectivity index (χ1n) is 7.58. The Kier molecular flexibility index (Phi) is 5.01. The minimum absolute atomic E-state index is 0.0435. The molecule has 0 aromatic heterocycles. The largest absolute Gasteiger partial charge is 0.378 e. The van der Waals surface area contributed by atoms with Gasteiger partial charge in [-0.25, -0.2) is 4.39 Å². The predicted octanol–water partition coefficient (Wildman–Crippen LogP) is 4.32. The molecule has 1 heterocycles. The van der Waals surface area contributed by atoms with Crippen molar-refractivity contribution in [2.75, 3.05) is 24.7 Å². The molecule has 0 N–H and O–H groups in total. The molecular weight excluding hydrogens is 347 g/mol. The lowest BCUT2D eigenvalue weighted by molar-refractivity contribution is -0.128. The molecule has 0 saturated carbocycles. The van der Waals surface area contributed by atoms with E-state index in [9.17, 15) is 9.18 Å². The van der Waals surface area contributed by atoms with Crippen LogP contribution in [-0.2, 0) is 11.3 Å². The van der Waals surface area contributed by atoms with E-state index in [1.54, 1.807) is 22.7 Å².